The fourth-order valence-corrected chi connectivity index (χ4v) is 2.66. The summed E-state index contributed by atoms with van der Waals surface area (Å²) >= 11 is 0. The van der Waals surface area contributed by atoms with Gasteiger partial charge in [0.1, 0.15) is 5.75 Å². The molecule has 2 aromatic rings. The molecule has 4 heteroatoms. The average molecular weight is 268 g/mol. The molecule has 1 aliphatic rings. The number of aromatic hydroxyl groups is 1. The third-order valence-corrected chi connectivity index (χ3v) is 3.67. The van der Waals surface area contributed by atoms with Gasteiger partial charge in [-0.2, -0.15) is 0 Å². The zero-order valence-corrected chi connectivity index (χ0v) is 11.0. The molecule has 2 aromatic carbocycles. The maximum absolute atomic E-state index is 12.6. The van der Waals surface area contributed by atoms with Crippen molar-refractivity contribution in [3.63, 3.8) is 0 Å². The van der Waals surface area contributed by atoms with Gasteiger partial charge in [0.25, 0.3) is 5.91 Å². The van der Waals surface area contributed by atoms with Gasteiger partial charge in [-0.1, -0.05) is 18.2 Å². The summed E-state index contributed by atoms with van der Waals surface area (Å²) in [7, 11) is 0. The summed E-state index contributed by atoms with van der Waals surface area (Å²) < 4.78 is 0. The van der Waals surface area contributed by atoms with Crippen molar-refractivity contribution in [2.75, 3.05) is 17.2 Å². The molecule has 1 amide bonds. The predicted octanol–water partition coefficient (Wildman–Crippen LogP) is 2.57. The van der Waals surface area contributed by atoms with Gasteiger partial charge in [0, 0.05) is 17.9 Å². The molecule has 1 heterocycles. The van der Waals surface area contributed by atoms with E-state index in [0.717, 1.165) is 29.8 Å². The number of nitrogens with two attached hydrogens (primary N) is 1. The summed E-state index contributed by atoms with van der Waals surface area (Å²) in [6, 6.07) is 12.2. The van der Waals surface area contributed by atoms with Gasteiger partial charge in [-0.3, -0.25) is 4.79 Å². The van der Waals surface area contributed by atoms with Crippen LogP contribution in [-0.4, -0.2) is 17.6 Å². The molecule has 0 aromatic heterocycles. The Morgan fingerprint density at radius 3 is 2.75 bits per heavy atom. The van der Waals surface area contributed by atoms with Crippen molar-refractivity contribution < 1.29 is 9.90 Å². The minimum absolute atomic E-state index is 0.00789. The standard InChI is InChI=1S/C16H16N2O2/c17-13-7-3-8-14-11(13)6-4-10-18(14)16(20)12-5-1-2-9-15(12)19/h1-3,5,7-9,19H,4,6,10,17H2. The van der Waals surface area contributed by atoms with Crippen molar-refractivity contribution in [2.24, 2.45) is 0 Å². The molecular weight excluding hydrogens is 252 g/mol. The second-order valence-electron chi connectivity index (χ2n) is 4.92. The van der Waals surface area contributed by atoms with Crippen LogP contribution in [0.5, 0.6) is 5.75 Å². The zero-order valence-electron chi connectivity index (χ0n) is 11.0. The van der Waals surface area contributed by atoms with Gasteiger partial charge in [0.2, 0.25) is 0 Å². The Morgan fingerprint density at radius 1 is 1.15 bits per heavy atom. The molecule has 0 spiro atoms. The molecule has 0 aliphatic carbocycles. The minimum Gasteiger partial charge on any atom is -0.507 e. The largest absolute Gasteiger partial charge is 0.507 e. The lowest BCUT2D eigenvalue weighted by molar-refractivity contribution is 0.0982. The van der Waals surface area contributed by atoms with Crippen molar-refractivity contribution in [3.8, 4) is 5.75 Å². The fraction of sp³-hybridized carbons (Fsp3) is 0.188. The van der Waals surface area contributed by atoms with Crippen LogP contribution in [0.1, 0.15) is 22.3 Å². The van der Waals surface area contributed by atoms with Crippen LogP contribution >= 0.6 is 0 Å². The van der Waals surface area contributed by atoms with Gasteiger partial charge < -0.3 is 15.7 Å². The first-order valence-corrected chi connectivity index (χ1v) is 6.65. The average Bonchev–Trinajstić information content (AvgIpc) is 2.47. The monoisotopic (exact) mass is 268 g/mol. The fourth-order valence-electron chi connectivity index (χ4n) is 2.66. The molecule has 1 aliphatic heterocycles. The second-order valence-corrected chi connectivity index (χ2v) is 4.92. The van der Waals surface area contributed by atoms with E-state index >= 15 is 0 Å². The molecule has 0 atom stereocenters. The normalized spacial score (nSPS) is 13.9. The quantitative estimate of drug-likeness (QED) is 0.781. The SMILES string of the molecule is Nc1cccc2c1CCCN2C(=O)c1ccccc1O. The molecule has 3 rings (SSSR count). The van der Waals surface area contributed by atoms with Crippen molar-refractivity contribution in [1.82, 2.24) is 0 Å². The van der Waals surface area contributed by atoms with Gasteiger partial charge in [-0.15, -0.1) is 0 Å². The number of phenols is 1. The number of para-hydroxylation sites is 1. The highest BCUT2D eigenvalue weighted by Crippen LogP contribution is 2.33. The third-order valence-electron chi connectivity index (χ3n) is 3.67. The first kappa shape index (κ1) is 12.5. The minimum atomic E-state index is -0.186. The van der Waals surface area contributed by atoms with E-state index in [4.69, 9.17) is 5.73 Å². The van der Waals surface area contributed by atoms with Gasteiger partial charge in [0.05, 0.1) is 5.56 Å². The highest BCUT2D eigenvalue weighted by atomic mass is 16.3. The summed E-state index contributed by atoms with van der Waals surface area (Å²) in [5.74, 6) is -0.178. The second kappa shape index (κ2) is 4.89. The topological polar surface area (TPSA) is 66.6 Å². The van der Waals surface area contributed by atoms with E-state index in [2.05, 4.69) is 0 Å². The van der Waals surface area contributed by atoms with E-state index in [1.54, 1.807) is 23.1 Å². The van der Waals surface area contributed by atoms with Crippen LogP contribution < -0.4 is 10.6 Å². The Kier molecular flexibility index (Phi) is 3.06. The van der Waals surface area contributed by atoms with E-state index < -0.39 is 0 Å². The van der Waals surface area contributed by atoms with Crippen LogP contribution in [0.2, 0.25) is 0 Å². The number of hydrogen-bond acceptors (Lipinski definition) is 3. The van der Waals surface area contributed by atoms with E-state index in [1.165, 1.54) is 6.07 Å². The Bertz CT molecular complexity index is 667. The van der Waals surface area contributed by atoms with Crippen LogP contribution in [0.4, 0.5) is 11.4 Å². The molecule has 102 valence electrons. The number of benzene rings is 2. The zero-order chi connectivity index (χ0) is 14.1. The highest BCUT2D eigenvalue weighted by molar-refractivity contribution is 6.08. The summed E-state index contributed by atoms with van der Waals surface area (Å²) in [5, 5.41) is 9.84. The highest BCUT2D eigenvalue weighted by Gasteiger charge is 2.25. The summed E-state index contributed by atoms with van der Waals surface area (Å²) in [6.07, 6.45) is 1.76. The van der Waals surface area contributed by atoms with Gasteiger partial charge in [-0.25, -0.2) is 0 Å². The Balaban J connectivity index is 2.03. The smallest absolute Gasteiger partial charge is 0.262 e. The van der Waals surface area contributed by atoms with Crippen LogP contribution in [0, 0.1) is 0 Å². The lowest BCUT2D eigenvalue weighted by atomic mass is 9.99. The van der Waals surface area contributed by atoms with E-state index in [1.807, 2.05) is 18.2 Å². The van der Waals surface area contributed by atoms with Crippen molar-refractivity contribution in [2.45, 2.75) is 12.8 Å². The molecule has 0 saturated heterocycles. The van der Waals surface area contributed by atoms with Crippen molar-refractivity contribution >= 4 is 17.3 Å². The number of anilines is 2. The number of nitrogen functional groups attached to an aromatic ring is 1. The van der Waals surface area contributed by atoms with Crippen LogP contribution in [0.3, 0.4) is 0 Å². The number of nitrogens with zero attached hydrogens (tertiary/aromatic N) is 1. The van der Waals surface area contributed by atoms with Crippen molar-refractivity contribution in [1.29, 1.82) is 0 Å². The summed E-state index contributed by atoms with van der Waals surface area (Å²) in [5.41, 5.74) is 8.89. The van der Waals surface area contributed by atoms with Crippen LogP contribution in [-0.2, 0) is 6.42 Å². The lowest BCUT2D eigenvalue weighted by Gasteiger charge is -2.30. The van der Waals surface area contributed by atoms with Gasteiger partial charge in [0.15, 0.2) is 0 Å². The van der Waals surface area contributed by atoms with Crippen LogP contribution in [0.25, 0.3) is 0 Å². The van der Waals surface area contributed by atoms with Crippen molar-refractivity contribution in [3.05, 3.63) is 53.6 Å². The maximum atomic E-state index is 12.6. The number of rotatable bonds is 1. The molecule has 0 saturated carbocycles. The Hall–Kier alpha value is -2.49. The molecule has 0 bridgehead atoms. The number of amides is 1. The van der Waals surface area contributed by atoms with E-state index in [-0.39, 0.29) is 11.7 Å². The summed E-state index contributed by atoms with van der Waals surface area (Å²) in [4.78, 5) is 14.3. The Labute approximate surface area is 117 Å². The van der Waals surface area contributed by atoms with E-state index in [9.17, 15) is 9.90 Å². The maximum Gasteiger partial charge on any atom is 0.262 e. The molecular formula is C16H16N2O2. The number of hydrogen-bond donors (Lipinski definition) is 2. The molecule has 20 heavy (non-hydrogen) atoms. The van der Waals surface area contributed by atoms with E-state index in [0.29, 0.717) is 12.1 Å². The van der Waals surface area contributed by atoms with Gasteiger partial charge in [-0.05, 0) is 42.7 Å². The molecule has 0 fully saturated rings. The molecule has 3 N–H and O–H groups in total. The summed E-state index contributed by atoms with van der Waals surface area (Å²) in [6.45, 7) is 0.642. The third kappa shape index (κ3) is 1.99. The first-order chi connectivity index (χ1) is 9.68. The van der Waals surface area contributed by atoms with Gasteiger partial charge >= 0.3 is 0 Å². The number of fused-ring (bicyclic) bond motifs is 1. The molecule has 0 unspecified atom stereocenters. The molecule has 0 radical (unpaired) electrons. The van der Waals surface area contributed by atoms with Crippen LogP contribution in [0.15, 0.2) is 42.5 Å². The predicted molar refractivity (Wildman–Crippen MR) is 79.0 cm³/mol. The first-order valence-electron chi connectivity index (χ1n) is 6.65. The number of carbonyl (C=O) groups excluding carboxylic acids is 1. The molecule has 4 nitrogen and oxygen atoms in total. The number of carbonyl (C=O) groups is 1. The number of phenolic OH excluding ortho intramolecular Hbond substituents is 1. The lowest BCUT2D eigenvalue weighted by Crippen LogP contribution is -2.35. The Morgan fingerprint density at radius 2 is 1.95 bits per heavy atom.